The molecule has 2 N–H and O–H groups in total. The number of fused-ring (bicyclic) bond motifs is 3. The Labute approximate surface area is 258 Å². The monoisotopic (exact) mass is 586 g/mol. The van der Waals surface area contributed by atoms with E-state index in [1.807, 2.05) is 73.8 Å². The van der Waals surface area contributed by atoms with Gasteiger partial charge in [-0.2, -0.15) is 0 Å². The van der Waals surface area contributed by atoms with Crippen LogP contribution in [0.25, 0.3) is 21.7 Å². The first-order valence-electron chi connectivity index (χ1n) is 15.0. The predicted octanol–water partition coefficient (Wildman–Crippen LogP) is 8.47. The number of phenols is 1. The number of hydrogen-bond acceptors (Lipinski definition) is 6. The molecule has 0 aliphatic heterocycles. The molecule has 0 spiro atoms. The number of aromatic nitrogens is 1. The van der Waals surface area contributed by atoms with Crippen molar-refractivity contribution in [1.82, 2.24) is 4.98 Å². The molecule has 0 amide bonds. The van der Waals surface area contributed by atoms with Crippen LogP contribution in [0.3, 0.4) is 0 Å². The molecule has 1 atom stereocenters. The average molecular weight is 587 g/mol. The van der Waals surface area contributed by atoms with Crippen molar-refractivity contribution in [3.05, 3.63) is 106 Å². The van der Waals surface area contributed by atoms with E-state index < -0.39 is 5.92 Å². The highest BCUT2D eigenvalue weighted by Gasteiger charge is 2.41. The van der Waals surface area contributed by atoms with E-state index in [1.165, 1.54) is 0 Å². The van der Waals surface area contributed by atoms with Crippen molar-refractivity contribution in [1.29, 1.82) is 0 Å². The maximum Gasteiger partial charge on any atom is 0.180 e. The first-order chi connectivity index (χ1) is 20.8. The Morgan fingerprint density at radius 2 is 1.39 bits per heavy atom. The lowest BCUT2D eigenvalue weighted by Gasteiger charge is -2.28. The number of hydrogen-bond donors (Lipinski definition) is 2. The third-order valence-electron chi connectivity index (χ3n) is 8.50. The molecule has 4 aromatic carbocycles. The zero-order valence-corrected chi connectivity index (χ0v) is 26.3. The first kappa shape index (κ1) is 29.4. The summed E-state index contributed by atoms with van der Waals surface area (Å²) >= 11 is 0. The second-order valence-electron chi connectivity index (χ2n) is 13.8. The molecule has 224 valence electrons. The minimum absolute atomic E-state index is 0.233. The molecule has 6 nitrogen and oxygen atoms in total. The van der Waals surface area contributed by atoms with Crippen molar-refractivity contribution in [2.75, 3.05) is 12.4 Å². The third kappa shape index (κ3) is 5.08. The van der Waals surface area contributed by atoms with Gasteiger partial charge in [0, 0.05) is 29.2 Å². The molecule has 6 rings (SSSR count). The number of ether oxygens (including phenoxy) is 1. The summed E-state index contributed by atoms with van der Waals surface area (Å²) in [5, 5.41) is 16.9. The van der Waals surface area contributed by atoms with Crippen LogP contribution in [0, 0.1) is 0 Å². The van der Waals surface area contributed by atoms with Gasteiger partial charge in [-0.1, -0.05) is 65.8 Å². The van der Waals surface area contributed by atoms with Gasteiger partial charge >= 0.3 is 0 Å². The normalized spacial score (nSPS) is 15.2. The number of pyridine rings is 1. The number of nitrogens with one attached hydrogen (secondary N) is 1. The maximum atomic E-state index is 13.7. The summed E-state index contributed by atoms with van der Waals surface area (Å²) in [6, 6.07) is 22.9. The highest BCUT2D eigenvalue weighted by molar-refractivity contribution is 6.30. The van der Waals surface area contributed by atoms with E-state index in [0.717, 1.165) is 38.5 Å². The zero-order chi connectivity index (χ0) is 31.6. The molecule has 1 aliphatic carbocycles. The van der Waals surface area contributed by atoms with Crippen molar-refractivity contribution >= 4 is 38.9 Å². The molecule has 6 heteroatoms. The van der Waals surface area contributed by atoms with Gasteiger partial charge in [-0.25, -0.2) is 4.98 Å². The zero-order valence-electron chi connectivity index (χ0n) is 26.3. The third-order valence-corrected chi connectivity index (χ3v) is 8.50. The fraction of sp³-hybridized carbons (Fsp3) is 0.289. The van der Waals surface area contributed by atoms with Crippen LogP contribution in [0.5, 0.6) is 11.5 Å². The summed E-state index contributed by atoms with van der Waals surface area (Å²) in [7, 11) is 1.85. The van der Waals surface area contributed by atoms with Crippen LogP contribution in [-0.2, 0) is 17.4 Å². The first-order valence-corrected chi connectivity index (χ1v) is 15.0. The average Bonchev–Trinajstić information content (AvgIpc) is 3.21. The number of benzene rings is 4. The molecule has 0 radical (unpaired) electrons. The summed E-state index contributed by atoms with van der Waals surface area (Å²) in [6.45, 7) is 12.8. The van der Waals surface area contributed by atoms with E-state index in [1.54, 1.807) is 6.07 Å². The van der Waals surface area contributed by atoms with Crippen LogP contribution in [0.15, 0.2) is 72.8 Å². The highest BCUT2D eigenvalue weighted by atomic mass is 16.5. The molecule has 1 unspecified atom stereocenters. The molecule has 1 heterocycles. The molecule has 0 bridgehead atoms. The molecule has 5 aromatic rings. The van der Waals surface area contributed by atoms with Gasteiger partial charge in [0.25, 0.3) is 0 Å². The number of carbonyl (C=O) groups excluding carboxylic acids is 2. The van der Waals surface area contributed by atoms with Crippen LogP contribution in [0.1, 0.15) is 90.6 Å². The maximum absolute atomic E-state index is 13.7. The Balaban J connectivity index is 1.35. The largest absolute Gasteiger partial charge is 0.507 e. The molecule has 0 fully saturated rings. The summed E-state index contributed by atoms with van der Waals surface area (Å²) in [5.74, 6) is -0.576. The van der Waals surface area contributed by atoms with Gasteiger partial charge in [0.15, 0.2) is 11.6 Å². The number of phenolic OH excluding ortho intramolecular Hbond substituents is 1. The van der Waals surface area contributed by atoms with E-state index in [4.69, 9.17) is 9.72 Å². The fourth-order valence-electron chi connectivity index (χ4n) is 6.05. The standard InChI is InChI=1S/C38H38N2O4/c1-37(2,3)28-15-21(16-29(36(28)43)38(4,5)6)20-44-31-10-8-9-22-12-14-30(40-33(22)31)32-34(41)26-18-23-11-13-25(39-7)17-24(23)19-27(26)35(32)42/h8-19,32,39,43H,20H2,1-7H3. The SMILES string of the molecule is CNc1ccc2cc3c(cc2c1)C(=O)C(c1ccc2cccc(OCc4cc(C(C)(C)C)c(O)c(C(C)(C)C)c4)c2n1)C3=O. The second kappa shape index (κ2) is 10.5. The molecule has 0 saturated carbocycles. The number of carbonyl (C=O) groups is 2. The van der Waals surface area contributed by atoms with Crippen molar-refractivity contribution in [2.24, 2.45) is 0 Å². The summed E-state index contributed by atoms with van der Waals surface area (Å²) in [6.07, 6.45) is 0. The van der Waals surface area contributed by atoms with Crippen LogP contribution in [0.4, 0.5) is 5.69 Å². The fourth-order valence-corrected chi connectivity index (χ4v) is 6.05. The van der Waals surface area contributed by atoms with Crippen LogP contribution >= 0.6 is 0 Å². The van der Waals surface area contributed by atoms with Gasteiger partial charge < -0.3 is 15.2 Å². The van der Waals surface area contributed by atoms with Crippen molar-refractivity contribution in [3.63, 3.8) is 0 Å². The minimum atomic E-state index is -0.996. The summed E-state index contributed by atoms with van der Waals surface area (Å²) in [5.41, 5.74) is 4.98. The molecular weight excluding hydrogens is 548 g/mol. The van der Waals surface area contributed by atoms with E-state index in [2.05, 4.69) is 46.9 Å². The van der Waals surface area contributed by atoms with Crippen LogP contribution in [-0.4, -0.2) is 28.7 Å². The smallest absolute Gasteiger partial charge is 0.180 e. The topological polar surface area (TPSA) is 88.5 Å². The molecule has 0 saturated heterocycles. The van der Waals surface area contributed by atoms with E-state index in [0.29, 0.717) is 33.8 Å². The van der Waals surface area contributed by atoms with Gasteiger partial charge in [-0.05, 0) is 86.8 Å². The summed E-state index contributed by atoms with van der Waals surface area (Å²) < 4.78 is 6.37. The van der Waals surface area contributed by atoms with Crippen molar-refractivity contribution in [3.8, 4) is 11.5 Å². The lowest BCUT2D eigenvalue weighted by molar-refractivity contribution is 0.0888. The second-order valence-corrected chi connectivity index (χ2v) is 13.8. The number of aromatic hydroxyl groups is 1. The number of rotatable bonds is 5. The predicted molar refractivity (Wildman–Crippen MR) is 176 cm³/mol. The van der Waals surface area contributed by atoms with Gasteiger partial charge in [0.1, 0.15) is 29.5 Å². The molecule has 44 heavy (non-hydrogen) atoms. The Kier molecular flexibility index (Phi) is 6.99. The Morgan fingerprint density at radius 3 is 2.00 bits per heavy atom. The molecular formula is C38H38N2O4. The number of Topliss-reactive ketones (excluding diaryl/α,β-unsaturated/α-hetero) is 2. The van der Waals surface area contributed by atoms with E-state index >= 15 is 0 Å². The van der Waals surface area contributed by atoms with Gasteiger partial charge in [-0.15, -0.1) is 0 Å². The van der Waals surface area contributed by atoms with Crippen molar-refractivity contribution < 1.29 is 19.4 Å². The summed E-state index contributed by atoms with van der Waals surface area (Å²) in [4.78, 5) is 32.2. The number of ketones is 2. The van der Waals surface area contributed by atoms with Crippen molar-refractivity contribution in [2.45, 2.75) is 64.9 Å². The van der Waals surface area contributed by atoms with Gasteiger partial charge in [0.05, 0.1) is 5.69 Å². The van der Waals surface area contributed by atoms with E-state index in [-0.39, 0.29) is 29.0 Å². The Morgan fingerprint density at radius 1 is 0.773 bits per heavy atom. The van der Waals surface area contributed by atoms with E-state index in [9.17, 15) is 14.7 Å². The lowest BCUT2D eigenvalue weighted by Crippen LogP contribution is -2.18. The number of nitrogens with zero attached hydrogens (tertiary/aromatic N) is 1. The molecule has 1 aromatic heterocycles. The Bertz CT molecular complexity index is 1940. The lowest BCUT2D eigenvalue weighted by atomic mass is 9.78. The quantitative estimate of drug-likeness (QED) is 0.201. The number of anilines is 1. The van der Waals surface area contributed by atoms with Gasteiger partial charge in [0.2, 0.25) is 0 Å². The van der Waals surface area contributed by atoms with Gasteiger partial charge in [-0.3, -0.25) is 9.59 Å². The number of para-hydroxylation sites is 1. The Hall–Kier alpha value is -4.71. The molecule has 1 aliphatic rings. The van der Waals surface area contributed by atoms with Crippen LogP contribution < -0.4 is 10.1 Å². The van der Waals surface area contributed by atoms with Crippen LogP contribution in [0.2, 0.25) is 0 Å². The minimum Gasteiger partial charge on any atom is -0.507 e. The highest BCUT2D eigenvalue weighted by Crippen LogP contribution is 2.41.